The fourth-order valence-electron chi connectivity index (χ4n) is 1.77. The lowest BCUT2D eigenvalue weighted by Gasteiger charge is -2.25. The topological polar surface area (TPSA) is 92.8 Å². The van der Waals surface area contributed by atoms with E-state index in [9.17, 15) is 15.0 Å². The van der Waals surface area contributed by atoms with E-state index in [2.05, 4.69) is 0 Å². The Bertz CT molecular complexity index is 462. The highest BCUT2D eigenvalue weighted by atomic mass is 35.5. The fraction of sp³-hybridized carbons (Fsp3) is 0.462. The zero-order valence-electron chi connectivity index (χ0n) is 10.9. The van der Waals surface area contributed by atoms with E-state index in [0.717, 1.165) is 0 Å². The summed E-state index contributed by atoms with van der Waals surface area (Å²) in [7, 11) is 1.50. The van der Waals surface area contributed by atoms with Crippen LogP contribution >= 0.6 is 11.6 Å². The van der Waals surface area contributed by atoms with Crippen LogP contribution in [0.25, 0.3) is 0 Å². The summed E-state index contributed by atoms with van der Waals surface area (Å²) >= 11 is 6.06. The zero-order chi connectivity index (χ0) is 14.6. The molecule has 0 spiro atoms. The van der Waals surface area contributed by atoms with E-state index in [0.29, 0.717) is 16.3 Å². The van der Waals surface area contributed by atoms with Crippen molar-refractivity contribution in [3.8, 4) is 5.75 Å². The molecule has 1 aromatic rings. The molecule has 0 aliphatic rings. The van der Waals surface area contributed by atoms with Gasteiger partial charge in [0.15, 0.2) is 0 Å². The summed E-state index contributed by atoms with van der Waals surface area (Å²) in [6, 6.07) is 4.77. The lowest BCUT2D eigenvalue weighted by molar-refractivity contribution is -0.140. The number of aliphatic hydroxyl groups is 1. The predicted octanol–water partition coefficient (Wildman–Crippen LogP) is 1.62. The maximum Gasteiger partial charge on any atom is 0.311 e. The summed E-state index contributed by atoms with van der Waals surface area (Å²) in [5, 5.41) is 19.5. The maximum absolute atomic E-state index is 11.4. The van der Waals surface area contributed by atoms with Gasteiger partial charge in [0.1, 0.15) is 5.75 Å². The Morgan fingerprint density at radius 2 is 2.21 bits per heavy atom. The highest BCUT2D eigenvalue weighted by Gasteiger charge is 2.31. The lowest BCUT2D eigenvalue weighted by atomic mass is 9.87. The molecule has 4 N–H and O–H groups in total. The molecular weight excluding hydrogens is 270 g/mol. The van der Waals surface area contributed by atoms with Gasteiger partial charge in [-0.1, -0.05) is 17.7 Å². The number of rotatable bonds is 6. The summed E-state index contributed by atoms with van der Waals surface area (Å²) in [6.45, 7) is 1.48. The molecule has 19 heavy (non-hydrogen) atoms. The largest absolute Gasteiger partial charge is 0.497 e. The van der Waals surface area contributed by atoms with Crippen LogP contribution in [0, 0.1) is 0 Å². The summed E-state index contributed by atoms with van der Waals surface area (Å²) < 4.78 is 5.01. The number of carbonyl (C=O) groups is 1. The second-order valence-corrected chi connectivity index (χ2v) is 5.09. The van der Waals surface area contributed by atoms with Gasteiger partial charge in [-0.15, -0.1) is 0 Å². The van der Waals surface area contributed by atoms with Crippen molar-refractivity contribution in [3.63, 3.8) is 0 Å². The fourth-order valence-corrected chi connectivity index (χ4v) is 2.07. The van der Waals surface area contributed by atoms with Crippen molar-refractivity contribution in [2.75, 3.05) is 13.7 Å². The lowest BCUT2D eigenvalue weighted by Crippen LogP contribution is -2.37. The van der Waals surface area contributed by atoms with Crippen molar-refractivity contribution < 1.29 is 19.7 Å². The molecule has 0 amide bonds. The Kier molecular flexibility index (Phi) is 5.17. The van der Waals surface area contributed by atoms with Crippen LogP contribution in [0.2, 0.25) is 5.02 Å². The molecule has 0 aliphatic heterocycles. The predicted molar refractivity (Wildman–Crippen MR) is 72.7 cm³/mol. The van der Waals surface area contributed by atoms with Gasteiger partial charge in [-0.3, -0.25) is 4.79 Å². The van der Waals surface area contributed by atoms with Gasteiger partial charge in [0.05, 0.1) is 18.6 Å². The van der Waals surface area contributed by atoms with Gasteiger partial charge in [-0.25, -0.2) is 0 Å². The molecule has 106 valence electrons. The molecule has 6 heteroatoms. The maximum atomic E-state index is 11.4. The van der Waals surface area contributed by atoms with Gasteiger partial charge in [0.2, 0.25) is 0 Å². The number of methoxy groups -OCH3 is 1. The number of hydrogen-bond acceptors (Lipinski definition) is 4. The molecule has 1 aromatic carbocycles. The molecule has 0 fully saturated rings. The van der Waals surface area contributed by atoms with Crippen LogP contribution in [0.3, 0.4) is 0 Å². The zero-order valence-corrected chi connectivity index (χ0v) is 11.6. The summed E-state index contributed by atoms with van der Waals surface area (Å²) in [5.74, 6) is -1.43. The van der Waals surface area contributed by atoms with Gasteiger partial charge in [0.25, 0.3) is 0 Å². The highest BCUT2D eigenvalue weighted by Crippen LogP contribution is 2.33. The number of aliphatic carboxylic acids is 1. The standard InChI is InChI=1S/C13H18ClNO4/c1-13(18,7-15)6-10(12(16)17)9-4-3-8(19-2)5-11(9)14/h3-5,10,18H,6-7,15H2,1-2H3,(H,16,17). The number of benzene rings is 1. The first-order valence-electron chi connectivity index (χ1n) is 5.79. The minimum atomic E-state index is -1.26. The summed E-state index contributed by atoms with van der Waals surface area (Å²) in [4.78, 5) is 11.4. The average Bonchev–Trinajstić information content (AvgIpc) is 2.36. The average molecular weight is 288 g/mol. The molecule has 2 atom stereocenters. The molecule has 2 unspecified atom stereocenters. The van der Waals surface area contributed by atoms with Crippen LogP contribution in [-0.4, -0.2) is 35.4 Å². The van der Waals surface area contributed by atoms with Gasteiger partial charge in [0, 0.05) is 11.6 Å². The van der Waals surface area contributed by atoms with Crippen LogP contribution in [0.15, 0.2) is 18.2 Å². The van der Waals surface area contributed by atoms with Crippen molar-refractivity contribution in [1.82, 2.24) is 0 Å². The summed E-state index contributed by atoms with van der Waals surface area (Å²) in [6.07, 6.45) is -0.00905. The Labute approximate surface area is 116 Å². The van der Waals surface area contributed by atoms with E-state index in [1.807, 2.05) is 0 Å². The Hall–Kier alpha value is -1.30. The molecule has 0 heterocycles. The minimum absolute atomic E-state index is 0.00905. The number of ether oxygens (including phenoxy) is 1. The SMILES string of the molecule is COc1ccc(C(CC(C)(O)CN)C(=O)O)c(Cl)c1. The molecule has 0 radical (unpaired) electrons. The van der Waals surface area contributed by atoms with Crippen LogP contribution < -0.4 is 10.5 Å². The van der Waals surface area contributed by atoms with Crippen LogP contribution in [-0.2, 0) is 4.79 Å². The number of halogens is 1. The number of carboxylic acids is 1. The number of hydrogen-bond donors (Lipinski definition) is 3. The molecule has 0 saturated heterocycles. The van der Waals surface area contributed by atoms with E-state index in [1.54, 1.807) is 18.2 Å². The third-order valence-corrected chi connectivity index (χ3v) is 3.29. The molecule has 5 nitrogen and oxygen atoms in total. The molecular formula is C13H18ClNO4. The third kappa shape index (κ3) is 4.09. The molecule has 0 aliphatic carbocycles. The smallest absolute Gasteiger partial charge is 0.311 e. The van der Waals surface area contributed by atoms with Crippen molar-refractivity contribution >= 4 is 17.6 Å². The van der Waals surface area contributed by atoms with E-state index >= 15 is 0 Å². The Morgan fingerprint density at radius 1 is 1.58 bits per heavy atom. The van der Waals surface area contributed by atoms with Gasteiger partial charge in [-0.2, -0.15) is 0 Å². The first-order valence-corrected chi connectivity index (χ1v) is 6.17. The first-order chi connectivity index (χ1) is 8.80. The number of carboxylic acid groups (broad SMARTS) is 1. The van der Waals surface area contributed by atoms with E-state index in [1.165, 1.54) is 14.0 Å². The first kappa shape index (κ1) is 15.8. The molecule has 0 aromatic heterocycles. The van der Waals surface area contributed by atoms with E-state index in [-0.39, 0.29) is 13.0 Å². The van der Waals surface area contributed by atoms with Crippen molar-refractivity contribution in [3.05, 3.63) is 28.8 Å². The Morgan fingerprint density at radius 3 is 2.63 bits per heavy atom. The van der Waals surface area contributed by atoms with Gasteiger partial charge < -0.3 is 20.7 Å². The highest BCUT2D eigenvalue weighted by molar-refractivity contribution is 6.31. The van der Waals surface area contributed by atoms with Crippen molar-refractivity contribution in [1.29, 1.82) is 0 Å². The number of nitrogens with two attached hydrogens (primary N) is 1. The van der Waals surface area contributed by atoms with Crippen LogP contribution in [0.5, 0.6) is 5.75 Å². The minimum Gasteiger partial charge on any atom is -0.497 e. The van der Waals surface area contributed by atoms with Gasteiger partial charge >= 0.3 is 5.97 Å². The molecule has 0 bridgehead atoms. The monoisotopic (exact) mass is 287 g/mol. The Balaban J connectivity index is 3.10. The normalized spacial score (nSPS) is 15.6. The second-order valence-electron chi connectivity index (χ2n) is 4.68. The second kappa shape index (κ2) is 6.23. The third-order valence-electron chi connectivity index (χ3n) is 2.96. The quantitative estimate of drug-likeness (QED) is 0.739. The van der Waals surface area contributed by atoms with E-state index in [4.69, 9.17) is 22.1 Å². The van der Waals surface area contributed by atoms with Gasteiger partial charge in [-0.05, 0) is 31.0 Å². The summed E-state index contributed by atoms with van der Waals surface area (Å²) in [5.41, 5.74) is 4.60. The van der Waals surface area contributed by atoms with E-state index < -0.39 is 17.5 Å². The van der Waals surface area contributed by atoms with Crippen LogP contribution in [0.4, 0.5) is 0 Å². The molecule has 1 rings (SSSR count). The molecule has 0 saturated carbocycles. The van der Waals surface area contributed by atoms with Crippen LogP contribution in [0.1, 0.15) is 24.8 Å². The van der Waals surface area contributed by atoms with Crippen molar-refractivity contribution in [2.45, 2.75) is 24.9 Å². The van der Waals surface area contributed by atoms with Crippen molar-refractivity contribution in [2.24, 2.45) is 5.73 Å².